The quantitative estimate of drug-likeness (QED) is 0.625. The van der Waals surface area contributed by atoms with Crippen LogP contribution in [0.15, 0.2) is 0 Å². The molecule has 0 bridgehead atoms. The van der Waals surface area contributed by atoms with Gasteiger partial charge in [0.05, 0.1) is 0 Å². The van der Waals surface area contributed by atoms with E-state index in [4.69, 9.17) is 5.73 Å². The summed E-state index contributed by atoms with van der Waals surface area (Å²) in [5, 5.41) is 0. The summed E-state index contributed by atoms with van der Waals surface area (Å²) in [6.45, 7) is 9.57. The number of nitrogens with zero attached hydrogens (tertiary/aromatic N) is 1. The lowest BCUT2D eigenvalue weighted by atomic mass is 10.2. The van der Waals surface area contributed by atoms with Crippen LogP contribution in [0.5, 0.6) is 0 Å². The van der Waals surface area contributed by atoms with Crippen LogP contribution in [0, 0.1) is 0 Å². The van der Waals surface area contributed by atoms with Crippen LogP contribution in [0.1, 0.15) is 27.2 Å². The fraction of sp³-hybridized carbons (Fsp3) is 1.00. The van der Waals surface area contributed by atoms with Gasteiger partial charge in [0.2, 0.25) is 0 Å². The molecule has 0 spiro atoms. The van der Waals surface area contributed by atoms with E-state index in [1.807, 2.05) is 0 Å². The third kappa shape index (κ3) is 3.18. The molecule has 2 nitrogen and oxygen atoms in total. The minimum Gasteiger partial charge on any atom is -0.329 e. The molecule has 0 aliphatic rings. The van der Waals surface area contributed by atoms with Gasteiger partial charge in [0.15, 0.2) is 0 Å². The first kappa shape index (κ1) is 9.92. The molecule has 0 amide bonds. The summed E-state index contributed by atoms with van der Waals surface area (Å²) in [4.78, 5) is 2.40. The number of hydrogen-bond donors (Lipinski definition) is 1. The first-order chi connectivity index (χ1) is 4.76. The molecule has 0 heterocycles. The summed E-state index contributed by atoms with van der Waals surface area (Å²) in [5.74, 6) is 0. The molecular weight excluding hydrogens is 124 g/mol. The van der Waals surface area contributed by atoms with Crippen molar-refractivity contribution in [3.8, 4) is 0 Å². The van der Waals surface area contributed by atoms with Gasteiger partial charge in [-0.1, -0.05) is 13.8 Å². The summed E-state index contributed by atoms with van der Waals surface area (Å²) in [6, 6.07) is 0.688. The number of likely N-dealkylation sites (N-methyl/N-ethyl adjacent to an activating group) is 1. The van der Waals surface area contributed by atoms with Crippen molar-refractivity contribution in [3.05, 3.63) is 0 Å². The van der Waals surface area contributed by atoms with E-state index in [9.17, 15) is 0 Å². The van der Waals surface area contributed by atoms with Gasteiger partial charge in [-0.05, 0) is 19.9 Å². The Morgan fingerprint density at radius 1 is 1.40 bits per heavy atom. The van der Waals surface area contributed by atoms with Gasteiger partial charge in [0, 0.05) is 19.1 Å². The smallest absolute Gasteiger partial charge is 0.0107 e. The van der Waals surface area contributed by atoms with Crippen molar-refractivity contribution in [3.63, 3.8) is 0 Å². The predicted octanol–water partition coefficient (Wildman–Crippen LogP) is 1.07. The second kappa shape index (κ2) is 5.69. The zero-order chi connectivity index (χ0) is 7.98. The zero-order valence-electron chi connectivity index (χ0n) is 7.43. The Kier molecular flexibility index (Phi) is 5.64. The van der Waals surface area contributed by atoms with Gasteiger partial charge in [0.25, 0.3) is 0 Å². The molecule has 0 saturated heterocycles. The summed E-state index contributed by atoms with van der Waals surface area (Å²) in [5.41, 5.74) is 5.46. The van der Waals surface area contributed by atoms with Crippen LogP contribution < -0.4 is 5.73 Å². The molecule has 10 heavy (non-hydrogen) atoms. The fourth-order valence-corrected chi connectivity index (χ4v) is 1.11. The predicted molar refractivity (Wildman–Crippen MR) is 46.1 cm³/mol. The lowest BCUT2D eigenvalue weighted by Crippen LogP contribution is -2.36. The highest BCUT2D eigenvalue weighted by Gasteiger charge is 2.06. The molecule has 1 unspecified atom stereocenters. The largest absolute Gasteiger partial charge is 0.329 e. The molecule has 0 aromatic heterocycles. The first-order valence-electron chi connectivity index (χ1n) is 4.20. The first-order valence-corrected chi connectivity index (χ1v) is 4.20. The highest BCUT2D eigenvalue weighted by Crippen LogP contribution is 2.00. The van der Waals surface area contributed by atoms with Crippen LogP contribution in [0.25, 0.3) is 0 Å². The average Bonchev–Trinajstić information content (AvgIpc) is 1.99. The second-order valence-electron chi connectivity index (χ2n) is 2.67. The normalized spacial score (nSPS) is 14.1. The molecular formula is C8H20N2. The maximum atomic E-state index is 5.46. The van der Waals surface area contributed by atoms with Crippen molar-refractivity contribution < 1.29 is 0 Å². The summed E-state index contributed by atoms with van der Waals surface area (Å²) in [7, 11) is 0. The summed E-state index contributed by atoms with van der Waals surface area (Å²) < 4.78 is 0. The highest BCUT2D eigenvalue weighted by atomic mass is 15.1. The van der Waals surface area contributed by atoms with E-state index in [1.165, 1.54) is 6.42 Å². The van der Waals surface area contributed by atoms with Crippen LogP contribution in [-0.4, -0.2) is 30.6 Å². The average molecular weight is 144 g/mol. The van der Waals surface area contributed by atoms with Gasteiger partial charge < -0.3 is 5.73 Å². The molecule has 1 atom stereocenters. The van der Waals surface area contributed by atoms with Gasteiger partial charge in [0.1, 0.15) is 0 Å². The van der Waals surface area contributed by atoms with E-state index < -0.39 is 0 Å². The lowest BCUT2D eigenvalue weighted by molar-refractivity contribution is 0.221. The molecule has 0 aromatic rings. The monoisotopic (exact) mass is 144 g/mol. The Hall–Kier alpha value is -0.0800. The van der Waals surface area contributed by atoms with E-state index in [1.54, 1.807) is 0 Å². The van der Waals surface area contributed by atoms with E-state index >= 15 is 0 Å². The third-order valence-electron chi connectivity index (χ3n) is 2.04. The van der Waals surface area contributed by atoms with E-state index in [-0.39, 0.29) is 0 Å². The van der Waals surface area contributed by atoms with Crippen molar-refractivity contribution in [2.24, 2.45) is 5.73 Å². The van der Waals surface area contributed by atoms with E-state index in [0.29, 0.717) is 6.04 Å². The molecule has 0 aromatic carbocycles. The van der Waals surface area contributed by atoms with Crippen LogP contribution in [0.4, 0.5) is 0 Å². The van der Waals surface area contributed by atoms with Crippen molar-refractivity contribution >= 4 is 0 Å². The molecule has 0 saturated carbocycles. The molecule has 0 radical (unpaired) electrons. The molecule has 62 valence electrons. The van der Waals surface area contributed by atoms with Crippen LogP contribution in [-0.2, 0) is 0 Å². The van der Waals surface area contributed by atoms with Gasteiger partial charge in [-0.25, -0.2) is 0 Å². The SMILES string of the molecule is CCC(C)N(CC)CCN. The maximum absolute atomic E-state index is 5.46. The molecule has 0 aliphatic carbocycles. The Morgan fingerprint density at radius 2 is 2.00 bits per heavy atom. The second-order valence-corrected chi connectivity index (χ2v) is 2.67. The van der Waals surface area contributed by atoms with Gasteiger partial charge >= 0.3 is 0 Å². The zero-order valence-corrected chi connectivity index (χ0v) is 7.43. The van der Waals surface area contributed by atoms with Crippen molar-refractivity contribution in [1.29, 1.82) is 0 Å². The lowest BCUT2D eigenvalue weighted by Gasteiger charge is -2.25. The standard InChI is InChI=1S/C8H20N2/c1-4-8(3)10(5-2)7-6-9/h8H,4-7,9H2,1-3H3. The minimum absolute atomic E-state index is 0.688. The summed E-state index contributed by atoms with van der Waals surface area (Å²) in [6.07, 6.45) is 1.22. The van der Waals surface area contributed by atoms with E-state index in [2.05, 4.69) is 25.7 Å². The highest BCUT2D eigenvalue weighted by molar-refractivity contribution is 4.63. The van der Waals surface area contributed by atoms with Crippen molar-refractivity contribution in [2.45, 2.75) is 33.2 Å². The van der Waals surface area contributed by atoms with Gasteiger partial charge in [-0.3, -0.25) is 4.90 Å². The number of hydrogen-bond acceptors (Lipinski definition) is 2. The maximum Gasteiger partial charge on any atom is 0.0107 e. The Morgan fingerprint density at radius 3 is 2.30 bits per heavy atom. The molecule has 0 rings (SSSR count). The van der Waals surface area contributed by atoms with Gasteiger partial charge in [-0.2, -0.15) is 0 Å². The number of rotatable bonds is 5. The minimum atomic E-state index is 0.688. The Labute approximate surface area is 64.4 Å². The molecule has 2 heteroatoms. The van der Waals surface area contributed by atoms with Crippen LogP contribution in [0.3, 0.4) is 0 Å². The van der Waals surface area contributed by atoms with Crippen molar-refractivity contribution in [2.75, 3.05) is 19.6 Å². The summed E-state index contributed by atoms with van der Waals surface area (Å²) >= 11 is 0. The Bertz CT molecular complexity index is 73.7. The topological polar surface area (TPSA) is 29.3 Å². The van der Waals surface area contributed by atoms with Crippen LogP contribution in [0.2, 0.25) is 0 Å². The molecule has 0 aliphatic heterocycles. The molecule has 2 N–H and O–H groups in total. The molecule has 0 fully saturated rings. The van der Waals surface area contributed by atoms with Crippen molar-refractivity contribution in [1.82, 2.24) is 4.90 Å². The number of nitrogens with two attached hydrogens (primary N) is 1. The fourth-order valence-electron chi connectivity index (χ4n) is 1.11. The van der Waals surface area contributed by atoms with Gasteiger partial charge in [-0.15, -0.1) is 0 Å². The Balaban J connectivity index is 3.56. The van der Waals surface area contributed by atoms with E-state index in [0.717, 1.165) is 19.6 Å². The third-order valence-corrected chi connectivity index (χ3v) is 2.04. The van der Waals surface area contributed by atoms with Crippen LogP contribution >= 0.6 is 0 Å².